The molecule has 1 aliphatic rings. The van der Waals surface area contributed by atoms with Gasteiger partial charge in [0.2, 0.25) is 5.91 Å². The molecule has 4 rings (SSSR count). The monoisotopic (exact) mass is 401 g/mol. The van der Waals surface area contributed by atoms with Crippen molar-refractivity contribution in [3.8, 4) is 12.3 Å². The molecule has 6 heteroatoms. The second-order valence-corrected chi connectivity index (χ2v) is 7.40. The lowest BCUT2D eigenvalue weighted by Crippen LogP contribution is -2.48. The molecule has 6 nitrogen and oxygen atoms in total. The van der Waals surface area contributed by atoms with E-state index >= 15 is 0 Å². The number of hydrogen-bond acceptors (Lipinski definition) is 4. The van der Waals surface area contributed by atoms with E-state index in [4.69, 9.17) is 11.2 Å². The van der Waals surface area contributed by atoms with Gasteiger partial charge < -0.3 is 10.1 Å². The van der Waals surface area contributed by atoms with Gasteiger partial charge in [0, 0.05) is 18.6 Å². The van der Waals surface area contributed by atoms with Crippen LogP contribution in [0.4, 0.5) is 0 Å². The molecule has 0 aliphatic carbocycles. The Hall–Kier alpha value is -3.43. The van der Waals surface area contributed by atoms with Crippen molar-refractivity contribution in [3.05, 3.63) is 76.2 Å². The zero-order valence-electron chi connectivity index (χ0n) is 16.6. The summed E-state index contributed by atoms with van der Waals surface area (Å²) in [6, 6.07) is 17.1. The lowest BCUT2D eigenvalue weighted by atomic mass is 9.73. The van der Waals surface area contributed by atoms with E-state index in [1.54, 1.807) is 12.1 Å². The van der Waals surface area contributed by atoms with Crippen molar-refractivity contribution in [1.29, 1.82) is 0 Å². The fourth-order valence-electron chi connectivity index (χ4n) is 4.09. The van der Waals surface area contributed by atoms with Crippen molar-refractivity contribution in [2.45, 2.75) is 31.3 Å². The van der Waals surface area contributed by atoms with Gasteiger partial charge in [0.1, 0.15) is 6.54 Å². The first kappa shape index (κ1) is 19.9. The van der Waals surface area contributed by atoms with Gasteiger partial charge in [-0.1, -0.05) is 54.5 Å². The zero-order chi connectivity index (χ0) is 21.0. The SMILES string of the molecule is C#CCn1nc(CNC(=O)C2(c3ccccc3)CCOCC2)c2ccccc2c1=O. The molecule has 1 fully saturated rings. The van der Waals surface area contributed by atoms with Gasteiger partial charge in [0.05, 0.1) is 23.0 Å². The largest absolute Gasteiger partial charge is 0.381 e. The minimum atomic E-state index is -0.636. The molecule has 1 saturated heterocycles. The topological polar surface area (TPSA) is 73.2 Å². The van der Waals surface area contributed by atoms with Gasteiger partial charge in [-0.3, -0.25) is 9.59 Å². The molecule has 30 heavy (non-hydrogen) atoms. The highest BCUT2D eigenvalue weighted by molar-refractivity contribution is 5.89. The first-order chi connectivity index (χ1) is 14.7. The number of terminal acetylenes is 1. The van der Waals surface area contributed by atoms with Crippen LogP contribution in [-0.4, -0.2) is 28.9 Å². The van der Waals surface area contributed by atoms with Gasteiger partial charge in [0.15, 0.2) is 0 Å². The summed E-state index contributed by atoms with van der Waals surface area (Å²) in [6.45, 7) is 1.36. The Morgan fingerprint density at radius 3 is 2.47 bits per heavy atom. The molecule has 1 aromatic heterocycles. The number of aromatic nitrogens is 2. The second-order valence-electron chi connectivity index (χ2n) is 7.40. The Morgan fingerprint density at radius 1 is 1.10 bits per heavy atom. The summed E-state index contributed by atoms with van der Waals surface area (Å²) in [4.78, 5) is 26.0. The van der Waals surface area contributed by atoms with Crippen LogP contribution in [0.1, 0.15) is 24.1 Å². The van der Waals surface area contributed by atoms with Crippen LogP contribution in [0.3, 0.4) is 0 Å². The maximum absolute atomic E-state index is 13.4. The minimum absolute atomic E-state index is 0.0578. The van der Waals surface area contributed by atoms with Gasteiger partial charge >= 0.3 is 0 Å². The number of carbonyl (C=O) groups is 1. The summed E-state index contributed by atoms with van der Waals surface area (Å²) in [5.74, 6) is 2.40. The predicted octanol–water partition coefficient (Wildman–Crippen LogP) is 2.39. The summed E-state index contributed by atoms with van der Waals surface area (Å²) in [5.41, 5.74) is 0.733. The Bertz CT molecular complexity index is 1160. The maximum atomic E-state index is 13.4. The van der Waals surface area contributed by atoms with Gasteiger partial charge in [-0.2, -0.15) is 5.10 Å². The standard InChI is InChI=1S/C24H23N3O3/c1-2-14-27-22(28)20-11-7-6-10-19(20)21(26-27)17-25-23(29)24(12-15-30-16-13-24)18-8-4-3-5-9-18/h1,3-11H,12-17H2,(H,25,29). The van der Waals surface area contributed by atoms with Crippen LogP contribution < -0.4 is 10.9 Å². The van der Waals surface area contributed by atoms with Crippen molar-refractivity contribution >= 4 is 16.7 Å². The van der Waals surface area contributed by atoms with Gasteiger partial charge in [-0.15, -0.1) is 6.42 Å². The van der Waals surface area contributed by atoms with Crippen LogP contribution in [0.2, 0.25) is 0 Å². The Kier molecular flexibility index (Phi) is 5.64. The molecule has 2 heterocycles. The fourth-order valence-corrected chi connectivity index (χ4v) is 4.09. The summed E-state index contributed by atoms with van der Waals surface area (Å²) in [6.07, 6.45) is 6.63. The predicted molar refractivity (Wildman–Crippen MR) is 115 cm³/mol. The average molecular weight is 401 g/mol. The van der Waals surface area contributed by atoms with Gasteiger partial charge in [0.25, 0.3) is 5.56 Å². The molecule has 0 unspecified atom stereocenters. The molecular weight excluding hydrogens is 378 g/mol. The first-order valence-electron chi connectivity index (χ1n) is 9.99. The summed E-state index contributed by atoms with van der Waals surface area (Å²) < 4.78 is 6.79. The average Bonchev–Trinajstić information content (AvgIpc) is 2.81. The van der Waals surface area contributed by atoms with E-state index < -0.39 is 5.41 Å². The Labute approximate surface area is 174 Å². The van der Waals surface area contributed by atoms with Crippen LogP contribution in [-0.2, 0) is 28.0 Å². The van der Waals surface area contributed by atoms with Crippen molar-refractivity contribution in [2.75, 3.05) is 13.2 Å². The third-order valence-corrected chi connectivity index (χ3v) is 5.71. The van der Waals surface area contributed by atoms with Crippen molar-refractivity contribution in [3.63, 3.8) is 0 Å². The van der Waals surface area contributed by atoms with E-state index in [1.165, 1.54) is 4.68 Å². The molecular formula is C24H23N3O3. The minimum Gasteiger partial charge on any atom is -0.381 e. The van der Waals surface area contributed by atoms with Crippen LogP contribution in [0.25, 0.3) is 10.8 Å². The quantitative estimate of drug-likeness (QED) is 0.667. The maximum Gasteiger partial charge on any atom is 0.275 e. The highest BCUT2D eigenvalue weighted by Gasteiger charge is 2.41. The molecule has 0 radical (unpaired) electrons. The molecule has 1 aliphatic heterocycles. The third kappa shape index (κ3) is 3.60. The van der Waals surface area contributed by atoms with Crippen LogP contribution in [0.15, 0.2) is 59.4 Å². The smallest absolute Gasteiger partial charge is 0.275 e. The van der Waals surface area contributed by atoms with E-state index in [-0.39, 0.29) is 24.6 Å². The molecule has 0 spiro atoms. The molecule has 152 valence electrons. The molecule has 0 atom stereocenters. The van der Waals surface area contributed by atoms with Crippen molar-refractivity contribution < 1.29 is 9.53 Å². The van der Waals surface area contributed by atoms with Gasteiger partial charge in [-0.25, -0.2) is 4.68 Å². The number of carbonyl (C=O) groups excluding carboxylic acids is 1. The van der Waals surface area contributed by atoms with Gasteiger partial charge in [-0.05, 0) is 24.5 Å². The molecule has 2 aromatic carbocycles. The van der Waals surface area contributed by atoms with E-state index in [1.807, 2.05) is 42.5 Å². The molecule has 1 N–H and O–H groups in total. The third-order valence-electron chi connectivity index (χ3n) is 5.71. The van der Waals surface area contributed by atoms with E-state index in [0.29, 0.717) is 37.1 Å². The number of benzene rings is 2. The van der Waals surface area contributed by atoms with Crippen LogP contribution in [0.5, 0.6) is 0 Å². The molecule has 1 amide bonds. The lowest BCUT2D eigenvalue weighted by Gasteiger charge is -2.36. The van der Waals surface area contributed by atoms with Crippen LogP contribution >= 0.6 is 0 Å². The number of fused-ring (bicyclic) bond motifs is 1. The number of amides is 1. The highest BCUT2D eigenvalue weighted by atomic mass is 16.5. The summed E-state index contributed by atoms with van der Waals surface area (Å²) >= 11 is 0. The van der Waals surface area contributed by atoms with E-state index in [2.05, 4.69) is 16.3 Å². The first-order valence-corrected chi connectivity index (χ1v) is 9.99. The highest BCUT2D eigenvalue weighted by Crippen LogP contribution is 2.35. The number of nitrogens with zero attached hydrogens (tertiary/aromatic N) is 2. The van der Waals surface area contributed by atoms with Crippen LogP contribution in [0, 0.1) is 12.3 Å². The fraction of sp³-hybridized carbons (Fsp3) is 0.292. The zero-order valence-corrected chi connectivity index (χ0v) is 16.6. The normalized spacial score (nSPS) is 15.4. The Balaban J connectivity index is 1.66. The molecule has 3 aromatic rings. The van der Waals surface area contributed by atoms with Crippen molar-refractivity contribution in [2.24, 2.45) is 0 Å². The van der Waals surface area contributed by atoms with E-state index in [9.17, 15) is 9.59 Å². The second kappa shape index (κ2) is 8.52. The number of ether oxygens (including phenoxy) is 1. The van der Waals surface area contributed by atoms with Crippen molar-refractivity contribution in [1.82, 2.24) is 15.1 Å². The summed E-state index contributed by atoms with van der Waals surface area (Å²) in [5, 5.41) is 8.75. The summed E-state index contributed by atoms with van der Waals surface area (Å²) in [7, 11) is 0. The molecule has 0 bridgehead atoms. The Morgan fingerprint density at radius 2 is 1.77 bits per heavy atom. The lowest BCUT2D eigenvalue weighted by molar-refractivity contribution is -0.130. The number of nitrogens with one attached hydrogen (secondary N) is 1. The number of rotatable bonds is 5. The number of hydrogen-bond donors (Lipinski definition) is 1. The molecule has 0 saturated carbocycles. The van der Waals surface area contributed by atoms with E-state index in [0.717, 1.165) is 10.9 Å².